The molecular weight excluding hydrogens is 238 g/mol. The van der Waals surface area contributed by atoms with E-state index < -0.39 is 0 Å². The van der Waals surface area contributed by atoms with E-state index in [9.17, 15) is 4.79 Å². The Bertz CT molecular complexity index is 658. The number of hydrogen-bond donors (Lipinski definition) is 1. The molecule has 1 fully saturated rings. The molecule has 1 aliphatic heterocycles. The van der Waals surface area contributed by atoms with E-state index in [1.807, 2.05) is 6.07 Å². The van der Waals surface area contributed by atoms with Crippen LogP contribution in [0.2, 0.25) is 0 Å². The largest absolute Gasteiger partial charge is 0.456 e. The van der Waals surface area contributed by atoms with Crippen molar-refractivity contribution in [1.82, 2.24) is 4.98 Å². The van der Waals surface area contributed by atoms with Gasteiger partial charge in [-0.05, 0) is 24.0 Å². The number of H-pyrrole nitrogens is 1. The molecule has 3 atom stereocenters. The van der Waals surface area contributed by atoms with Crippen LogP contribution in [0.25, 0.3) is 10.9 Å². The fraction of sp³-hybridized carbons (Fsp3) is 0.438. The van der Waals surface area contributed by atoms with Crippen molar-refractivity contribution in [3.05, 3.63) is 35.5 Å². The monoisotopic (exact) mass is 255 g/mol. The van der Waals surface area contributed by atoms with Crippen LogP contribution in [0.3, 0.4) is 0 Å². The first kappa shape index (κ1) is 11.1. The minimum atomic E-state index is -0.0476. The van der Waals surface area contributed by atoms with E-state index in [2.05, 4.69) is 30.1 Å². The van der Waals surface area contributed by atoms with Gasteiger partial charge in [0, 0.05) is 16.8 Å². The number of aromatic nitrogens is 1. The summed E-state index contributed by atoms with van der Waals surface area (Å²) >= 11 is 0. The first-order valence-electron chi connectivity index (χ1n) is 7.07. The van der Waals surface area contributed by atoms with Crippen molar-refractivity contribution in [2.45, 2.75) is 32.3 Å². The lowest BCUT2D eigenvalue weighted by Crippen LogP contribution is -2.26. The molecular formula is C16H17NO2. The van der Waals surface area contributed by atoms with Gasteiger partial charge < -0.3 is 9.72 Å². The number of nitrogens with one attached hydrogen (secondary N) is 1. The van der Waals surface area contributed by atoms with Gasteiger partial charge in [0.05, 0.1) is 12.1 Å². The molecule has 98 valence electrons. The average Bonchev–Trinajstić information content (AvgIpc) is 2.97. The van der Waals surface area contributed by atoms with Gasteiger partial charge in [-0.15, -0.1) is 0 Å². The second-order valence-corrected chi connectivity index (χ2v) is 5.71. The van der Waals surface area contributed by atoms with Crippen molar-refractivity contribution in [2.24, 2.45) is 11.8 Å². The highest BCUT2D eigenvalue weighted by Crippen LogP contribution is 2.48. The Morgan fingerprint density at radius 1 is 1.32 bits per heavy atom. The third-order valence-corrected chi connectivity index (χ3v) is 4.78. The van der Waals surface area contributed by atoms with Crippen LogP contribution in [-0.4, -0.2) is 11.0 Å². The molecule has 0 unspecified atom stereocenters. The third kappa shape index (κ3) is 1.47. The summed E-state index contributed by atoms with van der Waals surface area (Å²) in [6.45, 7) is 2.21. The summed E-state index contributed by atoms with van der Waals surface area (Å²) in [5.74, 6) is 0.876. The maximum atomic E-state index is 11.7. The topological polar surface area (TPSA) is 42.1 Å². The van der Waals surface area contributed by atoms with Crippen LogP contribution in [0, 0.1) is 11.8 Å². The van der Waals surface area contributed by atoms with Crippen molar-refractivity contribution in [2.75, 3.05) is 0 Å². The third-order valence-electron chi connectivity index (χ3n) is 4.78. The number of para-hydroxylation sites is 1. The van der Waals surface area contributed by atoms with Gasteiger partial charge in [0.1, 0.15) is 6.10 Å². The molecule has 0 amide bonds. The van der Waals surface area contributed by atoms with Crippen LogP contribution in [0.15, 0.2) is 24.3 Å². The molecule has 1 aliphatic carbocycles. The van der Waals surface area contributed by atoms with Crippen LogP contribution < -0.4 is 0 Å². The minimum absolute atomic E-state index is 0.0417. The number of hydrogen-bond acceptors (Lipinski definition) is 2. The van der Waals surface area contributed by atoms with Crippen LogP contribution in [0.5, 0.6) is 0 Å². The lowest BCUT2D eigenvalue weighted by atomic mass is 9.74. The van der Waals surface area contributed by atoms with Gasteiger partial charge in [-0.25, -0.2) is 0 Å². The van der Waals surface area contributed by atoms with E-state index in [1.165, 1.54) is 10.9 Å². The predicted octanol–water partition coefficient (Wildman–Crippen LogP) is 3.35. The van der Waals surface area contributed by atoms with Crippen LogP contribution in [0.4, 0.5) is 0 Å². The van der Waals surface area contributed by atoms with Crippen LogP contribution in [0.1, 0.15) is 37.1 Å². The summed E-state index contributed by atoms with van der Waals surface area (Å²) in [5.41, 5.74) is 3.66. The van der Waals surface area contributed by atoms with E-state index in [0.29, 0.717) is 18.3 Å². The normalized spacial score (nSPS) is 29.1. The number of esters is 1. The lowest BCUT2D eigenvalue weighted by Gasteiger charge is -2.31. The number of aromatic amines is 1. The molecule has 3 heteroatoms. The highest BCUT2D eigenvalue weighted by atomic mass is 16.6. The van der Waals surface area contributed by atoms with E-state index in [-0.39, 0.29) is 12.1 Å². The predicted molar refractivity (Wildman–Crippen MR) is 72.7 cm³/mol. The van der Waals surface area contributed by atoms with Crippen molar-refractivity contribution in [3.8, 4) is 0 Å². The van der Waals surface area contributed by atoms with Crippen molar-refractivity contribution >= 4 is 16.9 Å². The molecule has 1 aromatic heterocycles. The lowest BCUT2D eigenvalue weighted by molar-refractivity contribution is -0.142. The quantitative estimate of drug-likeness (QED) is 0.794. The summed E-state index contributed by atoms with van der Waals surface area (Å²) in [6, 6.07) is 8.37. The summed E-state index contributed by atoms with van der Waals surface area (Å²) in [6.07, 6.45) is 2.70. The summed E-state index contributed by atoms with van der Waals surface area (Å²) in [7, 11) is 0. The van der Waals surface area contributed by atoms with E-state index in [0.717, 1.165) is 24.1 Å². The molecule has 1 N–H and O–H groups in total. The molecule has 3 nitrogen and oxygen atoms in total. The minimum Gasteiger partial charge on any atom is -0.456 e. The molecule has 0 saturated carbocycles. The molecule has 2 aromatic rings. The van der Waals surface area contributed by atoms with E-state index in [1.54, 1.807) is 0 Å². The Labute approximate surface area is 112 Å². The van der Waals surface area contributed by atoms with Gasteiger partial charge in [0.2, 0.25) is 0 Å². The maximum Gasteiger partial charge on any atom is 0.306 e. The number of fused-ring (bicyclic) bond motifs is 5. The number of benzene rings is 1. The molecule has 0 radical (unpaired) electrons. The smallest absolute Gasteiger partial charge is 0.306 e. The van der Waals surface area contributed by atoms with Gasteiger partial charge in [0.25, 0.3) is 0 Å². The Hall–Kier alpha value is -1.77. The number of ether oxygens (including phenoxy) is 1. The maximum absolute atomic E-state index is 11.7. The molecule has 0 bridgehead atoms. The van der Waals surface area contributed by atoms with Crippen molar-refractivity contribution in [1.29, 1.82) is 0 Å². The average molecular weight is 255 g/mol. The molecule has 2 aliphatic rings. The first-order valence-corrected chi connectivity index (χ1v) is 7.07. The number of carbonyl (C=O) groups is 1. The Balaban J connectivity index is 1.92. The van der Waals surface area contributed by atoms with Crippen LogP contribution >= 0.6 is 0 Å². The van der Waals surface area contributed by atoms with E-state index in [4.69, 9.17) is 4.74 Å². The molecule has 19 heavy (non-hydrogen) atoms. The standard InChI is InChI=1S/C16H17NO2/c1-2-9-7-12-10-5-3-4-6-13(10)17-15(12)16-11(9)8-14(18)19-16/h3-6,9,11,16-17H,2,7-8H2,1H3/t9-,11+,16+/m1/s1. The van der Waals surface area contributed by atoms with Gasteiger partial charge in [-0.3, -0.25) is 4.79 Å². The zero-order valence-electron chi connectivity index (χ0n) is 11.0. The number of carbonyl (C=O) groups excluding carboxylic acids is 1. The Kier molecular flexibility index (Phi) is 2.25. The Morgan fingerprint density at radius 2 is 2.16 bits per heavy atom. The molecule has 1 saturated heterocycles. The Morgan fingerprint density at radius 3 is 3.00 bits per heavy atom. The molecule has 0 spiro atoms. The highest BCUT2D eigenvalue weighted by Gasteiger charge is 2.45. The zero-order chi connectivity index (χ0) is 13.0. The van der Waals surface area contributed by atoms with Crippen molar-refractivity contribution in [3.63, 3.8) is 0 Å². The number of rotatable bonds is 1. The summed E-state index contributed by atoms with van der Waals surface area (Å²) in [5, 5.41) is 1.29. The van der Waals surface area contributed by atoms with Crippen LogP contribution in [-0.2, 0) is 16.0 Å². The van der Waals surface area contributed by atoms with Gasteiger partial charge in [0.15, 0.2) is 0 Å². The molecule has 1 aromatic carbocycles. The fourth-order valence-electron chi connectivity index (χ4n) is 3.81. The zero-order valence-corrected chi connectivity index (χ0v) is 11.0. The van der Waals surface area contributed by atoms with E-state index >= 15 is 0 Å². The fourth-order valence-corrected chi connectivity index (χ4v) is 3.81. The molecule has 2 heterocycles. The SMILES string of the molecule is CC[C@@H]1Cc2c([nH]c3ccccc23)[C@H]2OC(=O)C[C@@H]12. The summed E-state index contributed by atoms with van der Waals surface area (Å²) < 4.78 is 5.58. The first-order chi connectivity index (χ1) is 9.28. The second-order valence-electron chi connectivity index (χ2n) is 5.71. The van der Waals surface area contributed by atoms with Crippen molar-refractivity contribution < 1.29 is 9.53 Å². The van der Waals surface area contributed by atoms with Gasteiger partial charge in [-0.1, -0.05) is 31.5 Å². The van der Waals surface area contributed by atoms with Gasteiger partial charge in [-0.2, -0.15) is 0 Å². The highest BCUT2D eigenvalue weighted by molar-refractivity contribution is 5.85. The summed E-state index contributed by atoms with van der Waals surface area (Å²) in [4.78, 5) is 15.1. The van der Waals surface area contributed by atoms with Gasteiger partial charge >= 0.3 is 5.97 Å². The second kappa shape index (κ2) is 3.86. The molecule has 4 rings (SSSR count).